The molecule has 40 heavy (non-hydrogen) atoms. The fraction of sp³-hybridized carbons (Fsp3) is 0.281. The quantitative estimate of drug-likeness (QED) is 0.211. The monoisotopic (exact) mass is 551 g/mol. The van der Waals surface area contributed by atoms with Gasteiger partial charge in [0.2, 0.25) is 5.95 Å². The number of fused-ring (bicyclic) bond motifs is 4. The van der Waals surface area contributed by atoms with Crippen molar-refractivity contribution in [3.8, 4) is 22.7 Å². The Morgan fingerprint density at radius 2 is 1.70 bits per heavy atom. The number of ether oxygens (including phenoxy) is 1. The number of methoxy groups -OCH3 is 1. The Balaban J connectivity index is 1.45. The van der Waals surface area contributed by atoms with Crippen molar-refractivity contribution in [2.24, 2.45) is 0 Å². The summed E-state index contributed by atoms with van der Waals surface area (Å²) in [5.74, 6) is 0.938. The Bertz CT molecular complexity index is 1590. The first kappa shape index (κ1) is 26.1. The number of para-hydroxylation sites is 2. The van der Waals surface area contributed by atoms with E-state index in [0.717, 1.165) is 54.5 Å². The van der Waals surface area contributed by atoms with Crippen LogP contribution in [-0.2, 0) is 18.4 Å². The van der Waals surface area contributed by atoms with E-state index in [1.54, 1.807) is 11.7 Å². The zero-order chi connectivity index (χ0) is 27.5. The molecule has 204 valence electrons. The SMILES string of the molecule is COc1ccccc1-n1c(NNC(=S)NCc2ccccc2)nc2c(c1=O)C1(CCCCC1)Cc1ccccc1-2. The highest BCUT2D eigenvalue weighted by Crippen LogP contribution is 2.49. The van der Waals surface area contributed by atoms with Crippen LogP contribution in [-0.4, -0.2) is 21.8 Å². The second-order valence-electron chi connectivity index (χ2n) is 10.6. The van der Waals surface area contributed by atoms with Crippen LogP contribution in [0.15, 0.2) is 83.7 Å². The molecule has 0 saturated heterocycles. The van der Waals surface area contributed by atoms with Crippen LogP contribution in [0.3, 0.4) is 0 Å². The number of nitrogens with one attached hydrogen (secondary N) is 3. The number of hydrogen-bond acceptors (Lipinski definition) is 5. The highest BCUT2D eigenvalue weighted by Gasteiger charge is 2.43. The highest BCUT2D eigenvalue weighted by atomic mass is 32.1. The molecule has 0 atom stereocenters. The van der Waals surface area contributed by atoms with Crippen molar-refractivity contribution in [2.75, 3.05) is 12.5 Å². The topological polar surface area (TPSA) is 80.2 Å². The lowest BCUT2D eigenvalue weighted by Crippen LogP contribution is -2.44. The van der Waals surface area contributed by atoms with Crippen LogP contribution in [0.4, 0.5) is 5.95 Å². The van der Waals surface area contributed by atoms with Gasteiger partial charge < -0.3 is 10.1 Å². The molecule has 1 saturated carbocycles. The summed E-state index contributed by atoms with van der Waals surface area (Å²) >= 11 is 5.55. The van der Waals surface area contributed by atoms with Crippen molar-refractivity contribution in [1.82, 2.24) is 20.3 Å². The molecule has 1 fully saturated rings. The molecule has 4 aromatic rings. The van der Waals surface area contributed by atoms with Gasteiger partial charge in [0, 0.05) is 17.5 Å². The largest absolute Gasteiger partial charge is 0.495 e. The van der Waals surface area contributed by atoms with Gasteiger partial charge in [-0.2, -0.15) is 0 Å². The first-order valence-electron chi connectivity index (χ1n) is 13.8. The first-order valence-corrected chi connectivity index (χ1v) is 14.2. The van der Waals surface area contributed by atoms with E-state index in [0.29, 0.717) is 29.0 Å². The average molecular weight is 552 g/mol. The molecule has 0 radical (unpaired) electrons. The first-order chi connectivity index (χ1) is 19.6. The second kappa shape index (κ2) is 11.1. The normalized spacial score (nSPS) is 15.0. The van der Waals surface area contributed by atoms with Crippen LogP contribution in [0.1, 0.15) is 48.8 Å². The summed E-state index contributed by atoms with van der Waals surface area (Å²) in [4.78, 5) is 19.8. The van der Waals surface area contributed by atoms with Crippen molar-refractivity contribution in [2.45, 2.75) is 50.5 Å². The van der Waals surface area contributed by atoms with Crippen LogP contribution in [0, 0.1) is 0 Å². The van der Waals surface area contributed by atoms with E-state index >= 15 is 0 Å². The predicted octanol–water partition coefficient (Wildman–Crippen LogP) is 5.66. The minimum absolute atomic E-state index is 0.0710. The molecule has 3 aromatic carbocycles. The highest BCUT2D eigenvalue weighted by molar-refractivity contribution is 7.80. The molecule has 2 aliphatic rings. The van der Waals surface area contributed by atoms with Gasteiger partial charge in [0.25, 0.3) is 5.56 Å². The Hall–Kier alpha value is -4.17. The fourth-order valence-corrected chi connectivity index (χ4v) is 6.39. The smallest absolute Gasteiger partial charge is 0.264 e. The van der Waals surface area contributed by atoms with E-state index in [1.165, 1.54) is 12.0 Å². The number of nitrogens with zero attached hydrogens (tertiary/aromatic N) is 2. The van der Waals surface area contributed by atoms with Crippen LogP contribution < -0.4 is 26.5 Å². The van der Waals surface area contributed by atoms with Crippen molar-refractivity contribution in [1.29, 1.82) is 0 Å². The molecule has 0 bridgehead atoms. The van der Waals surface area contributed by atoms with Gasteiger partial charge in [-0.1, -0.05) is 86.0 Å². The van der Waals surface area contributed by atoms with Gasteiger partial charge in [0.1, 0.15) is 5.75 Å². The average Bonchev–Trinajstić information content (AvgIpc) is 3.00. The zero-order valence-corrected chi connectivity index (χ0v) is 23.4. The van der Waals surface area contributed by atoms with E-state index < -0.39 is 0 Å². The summed E-state index contributed by atoms with van der Waals surface area (Å²) in [7, 11) is 1.61. The van der Waals surface area contributed by atoms with Gasteiger partial charge in [0.05, 0.1) is 24.1 Å². The van der Waals surface area contributed by atoms with Gasteiger partial charge in [-0.05, 0) is 54.7 Å². The predicted molar refractivity (Wildman–Crippen MR) is 163 cm³/mol. The molecule has 6 rings (SSSR count). The third-order valence-corrected chi connectivity index (χ3v) is 8.38. The number of rotatable bonds is 6. The summed E-state index contributed by atoms with van der Waals surface area (Å²) in [5.41, 5.74) is 11.5. The Labute approximate surface area is 239 Å². The van der Waals surface area contributed by atoms with E-state index in [2.05, 4.69) is 34.4 Å². The summed E-state index contributed by atoms with van der Waals surface area (Å²) in [6.07, 6.45) is 6.24. The molecule has 7 nitrogen and oxygen atoms in total. The molecule has 1 heterocycles. The molecular weight excluding hydrogens is 518 g/mol. The van der Waals surface area contributed by atoms with Crippen LogP contribution in [0.5, 0.6) is 5.75 Å². The van der Waals surface area contributed by atoms with Crippen LogP contribution >= 0.6 is 12.2 Å². The molecule has 1 spiro atoms. The maximum Gasteiger partial charge on any atom is 0.264 e. The number of aromatic nitrogens is 2. The zero-order valence-electron chi connectivity index (χ0n) is 22.6. The standard InChI is InChI=1S/C32H33N5O2S/c1-39-26-17-9-8-16-25(26)37-29(38)27-28(24-15-7-6-14-23(24)20-32(27)18-10-3-11-19-32)34-30(37)35-36-31(40)33-21-22-12-4-2-5-13-22/h2,4-9,12-17H,3,10-11,18-21H2,1H3,(H,34,35)(H2,33,36,40). The third-order valence-electron chi connectivity index (χ3n) is 8.14. The number of anilines is 1. The Kier molecular flexibility index (Phi) is 7.26. The van der Waals surface area contributed by atoms with Crippen LogP contribution in [0.2, 0.25) is 0 Å². The van der Waals surface area contributed by atoms with E-state index in [9.17, 15) is 4.79 Å². The molecule has 1 aromatic heterocycles. The summed E-state index contributed by atoms with van der Waals surface area (Å²) < 4.78 is 7.32. The maximum absolute atomic E-state index is 14.7. The Morgan fingerprint density at radius 1 is 0.975 bits per heavy atom. The van der Waals surface area contributed by atoms with Gasteiger partial charge in [-0.15, -0.1) is 0 Å². The molecule has 0 aliphatic heterocycles. The van der Waals surface area contributed by atoms with Crippen molar-refractivity contribution >= 4 is 23.3 Å². The molecular formula is C32H33N5O2S. The lowest BCUT2D eigenvalue weighted by Gasteiger charge is -2.42. The third kappa shape index (κ3) is 4.84. The second-order valence-corrected chi connectivity index (χ2v) is 11.0. The minimum Gasteiger partial charge on any atom is -0.495 e. The lowest BCUT2D eigenvalue weighted by atomic mass is 9.62. The molecule has 2 aliphatic carbocycles. The van der Waals surface area contributed by atoms with Gasteiger partial charge in [0.15, 0.2) is 5.11 Å². The number of hydrazine groups is 1. The number of thiocarbonyl (C=S) groups is 1. The molecule has 3 N–H and O–H groups in total. The van der Waals surface area contributed by atoms with Crippen LogP contribution in [0.25, 0.3) is 16.9 Å². The lowest BCUT2D eigenvalue weighted by molar-refractivity contribution is 0.284. The van der Waals surface area contributed by atoms with E-state index in [1.807, 2.05) is 60.7 Å². The van der Waals surface area contributed by atoms with Crippen molar-refractivity contribution < 1.29 is 4.74 Å². The number of benzene rings is 3. The van der Waals surface area contributed by atoms with Gasteiger partial charge in [-0.25, -0.2) is 9.55 Å². The molecule has 8 heteroatoms. The summed E-state index contributed by atoms with van der Waals surface area (Å²) in [6.45, 7) is 0.571. The number of hydrogen-bond donors (Lipinski definition) is 3. The fourth-order valence-electron chi connectivity index (χ4n) is 6.26. The molecule has 0 unspecified atom stereocenters. The van der Waals surface area contributed by atoms with Gasteiger partial charge in [-0.3, -0.25) is 15.6 Å². The minimum atomic E-state index is -0.228. The van der Waals surface area contributed by atoms with E-state index in [-0.39, 0.29) is 11.0 Å². The summed E-state index contributed by atoms with van der Waals surface area (Å²) in [5, 5.41) is 3.60. The Morgan fingerprint density at radius 3 is 2.50 bits per heavy atom. The van der Waals surface area contributed by atoms with Gasteiger partial charge >= 0.3 is 0 Å². The van der Waals surface area contributed by atoms with Crippen molar-refractivity contribution in [3.63, 3.8) is 0 Å². The van der Waals surface area contributed by atoms with E-state index in [4.69, 9.17) is 21.9 Å². The maximum atomic E-state index is 14.7. The summed E-state index contributed by atoms with van der Waals surface area (Å²) in [6, 6.07) is 25.9. The molecule has 0 amide bonds. The van der Waals surface area contributed by atoms with Crippen molar-refractivity contribution in [3.05, 3.63) is 106 Å².